The number of fused-ring (bicyclic) bond motifs is 1. The van der Waals surface area contributed by atoms with Crippen molar-refractivity contribution in [2.45, 2.75) is 6.10 Å². The minimum Gasteiger partial charge on any atom is -0.494 e. The second kappa shape index (κ2) is 7.90. The van der Waals surface area contributed by atoms with Crippen LogP contribution in [0.2, 0.25) is 0 Å². The number of hydrogen-bond acceptors (Lipinski definition) is 4. The maximum absolute atomic E-state index is 13.8. The third-order valence-corrected chi connectivity index (χ3v) is 4.17. The number of anilines is 1. The number of rotatable bonds is 4. The number of nitrogens with one attached hydrogen (secondary N) is 1. The summed E-state index contributed by atoms with van der Waals surface area (Å²) in [7, 11) is 2.90. The Hall–Kier alpha value is -3.35. The lowest BCUT2D eigenvalue weighted by molar-refractivity contribution is -0.127. The lowest BCUT2D eigenvalue weighted by atomic mass is 10.1. The van der Waals surface area contributed by atoms with Crippen molar-refractivity contribution in [2.75, 3.05) is 25.6 Å². The fourth-order valence-corrected chi connectivity index (χ4v) is 2.78. The third kappa shape index (κ3) is 3.92. The molecule has 1 heterocycles. The highest BCUT2D eigenvalue weighted by Crippen LogP contribution is 2.33. The molecule has 1 aliphatic rings. The highest BCUT2D eigenvalue weighted by Gasteiger charge is 2.32. The van der Waals surface area contributed by atoms with E-state index in [9.17, 15) is 14.0 Å². The number of para-hydroxylation sites is 2. The molecule has 0 radical (unpaired) electrons. The zero-order chi connectivity index (χ0) is 19.4. The van der Waals surface area contributed by atoms with E-state index in [-0.39, 0.29) is 24.1 Å². The number of methoxy groups -OCH3 is 1. The number of hydrogen-bond donors (Lipinski definition) is 1. The molecule has 6 nitrogen and oxygen atoms in total. The Morgan fingerprint density at radius 1 is 1.30 bits per heavy atom. The van der Waals surface area contributed by atoms with Gasteiger partial charge in [0.2, 0.25) is 0 Å². The van der Waals surface area contributed by atoms with E-state index in [2.05, 4.69) is 5.32 Å². The van der Waals surface area contributed by atoms with Crippen LogP contribution in [-0.4, -0.2) is 38.6 Å². The van der Waals surface area contributed by atoms with Gasteiger partial charge in [0.15, 0.2) is 17.7 Å². The number of benzene rings is 2. The zero-order valence-corrected chi connectivity index (χ0v) is 14.9. The summed E-state index contributed by atoms with van der Waals surface area (Å²) >= 11 is 0. The summed E-state index contributed by atoms with van der Waals surface area (Å²) in [5.74, 6) is -0.577. The summed E-state index contributed by atoms with van der Waals surface area (Å²) in [6.07, 6.45) is 2.04. The van der Waals surface area contributed by atoms with Crippen molar-refractivity contribution in [1.29, 1.82) is 0 Å². The molecule has 27 heavy (non-hydrogen) atoms. The van der Waals surface area contributed by atoms with Gasteiger partial charge in [-0.05, 0) is 35.9 Å². The van der Waals surface area contributed by atoms with Crippen molar-refractivity contribution in [2.24, 2.45) is 0 Å². The second-order valence-corrected chi connectivity index (χ2v) is 5.86. The average Bonchev–Trinajstić information content (AvgIpc) is 2.70. The summed E-state index contributed by atoms with van der Waals surface area (Å²) in [6, 6.07) is 11.4. The molecule has 0 spiro atoms. The first-order valence-electron chi connectivity index (χ1n) is 8.34. The van der Waals surface area contributed by atoms with Crippen LogP contribution in [0.15, 0.2) is 48.5 Å². The van der Waals surface area contributed by atoms with E-state index in [1.165, 1.54) is 43.3 Å². The highest BCUT2D eigenvalue weighted by molar-refractivity contribution is 6.05. The first kappa shape index (κ1) is 18.4. The molecular formula is C20H19FN2O4. The van der Waals surface area contributed by atoms with E-state index in [1.54, 1.807) is 30.3 Å². The zero-order valence-electron chi connectivity index (χ0n) is 14.9. The number of halogens is 1. The monoisotopic (exact) mass is 370 g/mol. The molecule has 1 N–H and O–H groups in total. The Morgan fingerprint density at radius 3 is 2.78 bits per heavy atom. The van der Waals surface area contributed by atoms with Crippen molar-refractivity contribution in [3.05, 3.63) is 59.9 Å². The van der Waals surface area contributed by atoms with Crippen molar-refractivity contribution in [3.63, 3.8) is 0 Å². The van der Waals surface area contributed by atoms with Gasteiger partial charge in [-0.2, -0.15) is 0 Å². The molecular weight excluding hydrogens is 351 g/mol. The second-order valence-electron chi connectivity index (χ2n) is 5.86. The first-order valence-corrected chi connectivity index (χ1v) is 8.34. The predicted molar refractivity (Wildman–Crippen MR) is 99.3 cm³/mol. The molecule has 3 rings (SSSR count). The van der Waals surface area contributed by atoms with E-state index in [4.69, 9.17) is 9.47 Å². The van der Waals surface area contributed by atoms with E-state index < -0.39 is 11.9 Å². The molecule has 7 heteroatoms. The third-order valence-electron chi connectivity index (χ3n) is 4.17. The molecule has 2 aromatic rings. The Kier molecular flexibility index (Phi) is 5.40. The van der Waals surface area contributed by atoms with Gasteiger partial charge in [0, 0.05) is 13.1 Å². The van der Waals surface area contributed by atoms with Gasteiger partial charge in [-0.15, -0.1) is 0 Å². The summed E-state index contributed by atoms with van der Waals surface area (Å²) in [5.41, 5.74) is 1.10. The summed E-state index contributed by atoms with van der Waals surface area (Å²) in [5, 5.41) is 2.53. The van der Waals surface area contributed by atoms with Gasteiger partial charge in [0.1, 0.15) is 5.75 Å². The Balaban J connectivity index is 1.84. The minimum absolute atomic E-state index is 0.0802. The lowest BCUT2D eigenvalue weighted by Gasteiger charge is -2.33. The van der Waals surface area contributed by atoms with Gasteiger partial charge in [0.25, 0.3) is 11.8 Å². The lowest BCUT2D eigenvalue weighted by Crippen LogP contribution is -2.49. The molecule has 0 saturated heterocycles. The Bertz CT molecular complexity index is 897. The standard InChI is InChI=1S/C20H19FN2O4/c1-22-20(25)18-12-23(15-5-3-4-6-17(15)27-18)19(24)10-8-13-7-9-16(26-2)14(21)11-13/h3-11,18H,12H2,1-2H3,(H,22,25)/b10-8+/t18-/m1/s1. The summed E-state index contributed by atoms with van der Waals surface area (Å²) in [4.78, 5) is 26.2. The number of nitrogens with zero attached hydrogens (tertiary/aromatic N) is 1. The normalized spacial score (nSPS) is 15.8. The van der Waals surface area contributed by atoms with Crippen LogP contribution in [0.5, 0.6) is 11.5 Å². The number of carbonyl (C=O) groups is 2. The fraction of sp³-hybridized carbons (Fsp3) is 0.200. The van der Waals surface area contributed by atoms with Gasteiger partial charge in [-0.1, -0.05) is 18.2 Å². The van der Waals surface area contributed by atoms with Gasteiger partial charge in [-0.3, -0.25) is 9.59 Å². The van der Waals surface area contributed by atoms with Crippen LogP contribution in [0, 0.1) is 5.82 Å². The quantitative estimate of drug-likeness (QED) is 0.840. The fourth-order valence-electron chi connectivity index (χ4n) is 2.78. The van der Waals surface area contributed by atoms with E-state index in [0.29, 0.717) is 17.0 Å². The van der Waals surface area contributed by atoms with Crippen molar-refractivity contribution in [3.8, 4) is 11.5 Å². The molecule has 0 aromatic heterocycles. The predicted octanol–water partition coefficient (Wildman–Crippen LogP) is 2.39. The Labute approximate surface area is 156 Å². The number of ether oxygens (including phenoxy) is 2. The van der Waals surface area contributed by atoms with Crippen molar-refractivity contribution >= 4 is 23.6 Å². The van der Waals surface area contributed by atoms with Crippen molar-refractivity contribution < 1.29 is 23.5 Å². The highest BCUT2D eigenvalue weighted by atomic mass is 19.1. The number of carbonyl (C=O) groups excluding carboxylic acids is 2. The van der Waals surface area contributed by atoms with Gasteiger partial charge < -0.3 is 19.7 Å². The largest absolute Gasteiger partial charge is 0.494 e. The maximum Gasteiger partial charge on any atom is 0.262 e. The van der Waals surface area contributed by atoms with Crippen molar-refractivity contribution in [1.82, 2.24) is 5.32 Å². The number of likely N-dealkylation sites (N-methyl/N-ethyl adjacent to an activating group) is 1. The van der Waals surface area contributed by atoms with Crippen LogP contribution < -0.4 is 19.7 Å². The summed E-state index contributed by atoms with van der Waals surface area (Å²) in [6.45, 7) is 0.0802. The number of amides is 2. The molecule has 2 amide bonds. The first-order chi connectivity index (χ1) is 13.0. The molecule has 0 aliphatic carbocycles. The van der Waals surface area contributed by atoms with E-state index in [1.807, 2.05) is 0 Å². The maximum atomic E-state index is 13.8. The smallest absolute Gasteiger partial charge is 0.262 e. The van der Waals surface area contributed by atoms with E-state index >= 15 is 0 Å². The molecule has 1 atom stereocenters. The van der Waals surface area contributed by atoms with Crippen LogP contribution in [0.25, 0.3) is 6.08 Å². The van der Waals surface area contributed by atoms with E-state index in [0.717, 1.165) is 0 Å². The van der Waals surface area contributed by atoms with Crippen LogP contribution >= 0.6 is 0 Å². The minimum atomic E-state index is -0.805. The molecule has 0 bridgehead atoms. The topological polar surface area (TPSA) is 67.9 Å². The molecule has 1 aliphatic heterocycles. The van der Waals surface area contributed by atoms with Gasteiger partial charge >= 0.3 is 0 Å². The van der Waals surface area contributed by atoms with Crippen LogP contribution in [0.1, 0.15) is 5.56 Å². The van der Waals surface area contributed by atoms with Gasteiger partial charge in [0.05, 0.1) is 19.3 Å². The Morgan fingerprint density at radius 2 is 2.07 bits per heavy atom. The SMILES string of the molecule is CNC(=O)[C@H]1CN(C(=O)/C=C/c2ccc(OC)c(F)c2)c2ccccc2O1. The molecule has 0 unspecified atom stereocenters. The molecule has 140 valence electrons. The molecule has 0 saturated carbocycles. The summed E-state index contributed by atoms with van der Waals surface area (Å²) < 4.78 is 24.3. The molecule has 2 aromatic carbocycles. The molecule has 0 fully saturated rings. The van der Waals surface area contributed by atoms with Crippen LogP contribution in [-0.2, 0) is 9.59 Å². The van der Waals surface area contributed by atoms with Gasteiger partial charge in [-0.25, -0.2) is 4.39 Å². The van der Waals surface area contributed by atoms with Crippen LogP contribution in [0.3, 0.4) is 0 Å². The van der Waals surface area contributed by atoms with Crippen LogP contribution in [0.4, 0.5) is 10.1 Å². The average molecular weight is 370 g/mol.